The van der Waals surface area contributed by atoms with Gasteiger partial charge in [-0.2, -0.15) is 0 Å². The number of halogens is 1. The van der Waals surface area contributed by atoms with E-state index in [-0.39, 0.29) is 0 Å². The Hall–Kier alpha value is -1.33. The van der Waals surface area contributed by atoms with Crippen LogP contribution in [-0.2, 0) is 4.79 Å². The molecule has 6 heteroatoms. The number of pyridine rings is 1. The van der Waals surface area contributed by atoms with Crippen LogP contribution in [0.3, 0.4) is 0 Å². The largest absolute Gasteiger partial charge is 0.481 e. The van der Waals surface area contributed by atoms with E-state index in [1.165, 1.54) is 0 Å². The quantitative estimate of drug-likeness (QED) is 0.890. The van der Waals surface area contributed by atoms with Gasteiger partial charge in [-0.1, -0.05) is 24.4 Å². The third-order valence-electron chi connectivity index (χ3n) is 4.89. The summed E-state index contributed by atoms with van der Waals surface area (Å²) in [5, 5.41) is 20.8. The second-order valence-electron chi connectivity index (χ2n) is 6.57. The highest BCUT2D eigenvalue weighted by Gasteiger charge is 2.51. The second-order valence-corrected chi connectivity index (χ2v) is 6.98. The number of carbonyl (C=O) groups is 1. The van der Waals surface area contributed by atoms with Gasteiger partial charge in [-0.15, -0.1) is 0 Å². The molecule has 0 bridgehead atoms. The fourth-order valence-electron chi connectivity index (χ4n) is 3.32. The van der Waals surface area contributed by atoms with Crippen LogP contribution in [0.15, 0.2) is 12.1 Å². The number of aliphatic hydroxyl groups excluding tert-OH is 1. The molecule has 5 nitrogen and oxygen atoms in total. The Morgan fingerprint density at radius 1 is 1.45 bits per heavy atom. The lowest BCUT2D eigenvalue weighted by Gasteiger charge is -2.44. The molecule has 0 aromatic carbocycles. The molecular formula is C16H21ClN2O3. The Morgan fingerprint density at radius 3 is 2.77 bits per heavy atom. The van der Waals surface area contributed by atoms with Gasteiger partial charge in [0, 0.05) is 13.1 Å². The molecule has 0 radical (unpaired) electrons. The van der Waals surface area contributed by atoms with Crippen molar-refractivity contribution >= 4 is 23.4 Å². The number of hydrogen-bond donors (Lipinski definition) is 2. The summed E-state index contributed by atoms with van der Waals surface area (Å²) in [6.45, 7) is 2.74. The summed E-state index contributed by atoms with van der Waals surface area (Å²) < 4.78 is 0. The van der Waals surface area contributed by atoms with Gasteiger partial charge >= 0.3 is 5.97 Å². The number of aromatic nitrogens is 1. The summed E-state index contributed by atoms with van der Waals surface area (Å²) in [7, 11) is 0. The first-order chi connectivity index (χ1) is 10.4. The molecule has 1 saturated heterocycles. The molecule has 0 unspecified atom stereocenters. The molecule has 22 heavy (non-hydrogen) atoms. The summed E-state index contributed by atoms with van der Waals surface area (Å²) in [6.07, 6.45) is 2.34. The molecule has 2 N–H and O–H groups in total. The van der Waals surface area contributed by atoms with Crippen molar-refractivity contribution in [2.24, 2.45) is 11.3 Å². The van der Waals surface area contributed by atoms with E-state index in [1.807, 2.05) is 17.9 Å². The highest BCUT2D eigenvalue weighted by atomic mass is 35.5. The van der Waals surface area contributed by atoms with Gasteiger partial charge in [-0.05, 0) is 37.8 Å². The minimum Gasteiger partial charge on any atom is -0.481 e. The van der Waals surface area contributed by atoms with Crippen molar-refractivity contribution in [3.05, 3.63) is 22.8 Å². The van der Waals surface area contributed by atoms with Crippen molar-refractivity contribution < 1.29 is 15.0 Å². The van der Waals surface area contributed by atoms with E-state index in [0.29, 0.717) is 36.9 Å². The Morgan fingerprint density at radius 2 is 2.18 bits per heavy atom. The number of hydrogen-bond acceptors (Lipinski definition) is 4. The molecule has 0 amide bonds. The Labute approximate surface area is 134 Å². The van der Waals surface area contributed by atoms with Crippen molar-refractivity contribution in [1.82, 2.24) is 4.98 Å². The zero-order valence-electron chi connectivity index (χ0n) is 12.6. The first-order valence-corrected chi connectivity index (χ1v) is 8.10. The first-order valence-electron chi connectivity index (χ1n) is 7.72. The molecule has 3 rings (SSSR count). The monoisotopic (exact) mass is 324 g/mol. The van der Waals surface area contributed by atoms with E-state index in [2.05, 4.69) is 4.98 Å². The molecule has 1 saturated carbocycles. The van der Waals surface area contributed by atoms with Crippen LogP contribution in [0, 0.1) is 18.3 Å². The molecule has 1 aromatic heterocycles. The molecule has 2 heterocycles. The summed E-state index contributed by atoms with van der Waals surface area (Å²) >= 11 is 6.01. The summed E-state index contributed by atoms with van der Waals surface area (Å²) in [4.78, 5) is 18.3. The van der Waals surface area contributed by atoms with Crippen LogP contribution < -0.4 is 4.90 Å². The lowest BCUT2D eigenvalue weighted by atomic mass is 9.73. The lowest BCUT2D eigenvalue weighted by Crippen LogP contribution is -2.56. The fourth-order valence-corrected chi connectivity index (χ4v) is 3.42. The van der Waals surface area contributed by atoms with Gasteiger partial charge in [0.2, 0.25) is 0 Å². The molecule has 1 aliphatic heterocycles. The average molecular weight is 325 g/mol. The predicted molar refractivity (Wildman–Crippen MR) is 84.2 cm³/mol. The first kappa shape index (κ1) is 15.6. The maximum Gasteiger partial charge on any atom is 0.314 e. The van der Waals surface area contributed by atoms with Crippen molar-refractivity contribution in [3.8, 4) is 0 Å². The number of aliphatic carboxylic acids is 1. The zero-order valence-corrected chi connectivity index (χ0v) is 13.4. The molecule has 2 fully saturated rings. The van der Waals surface area contributed by atoms with Crippen LogP contribution in [0.25, 0.3) is 0 Å². The number of piperidine rings is 1. The van der Waals surface area contributed by atoms with Gasteiger partial charge in [0.25, 0.3) is 0 Å². The number of anilines is 1. The number of aryl methyl sites for hydroxylation is 1. The van der Waals surface area contributed by atoms with Crippen LogP contribution >= 0.6 is 11.6 Å². The Bertz CT molecular complexity index is 591. The molecule has 1 aliphatic carbocycles. The van der Waals surface area contributed by atoms with Crippen molar-refractivity contribution in [3.63, 3.8) is 0 Å². The van der Waals surface area contributed by atoms with E-state index < -0.39 is 17.5 Å². The van der Waals surface area contributed by atoms with Crippen LogP contribution in [0.5, 0.6) is 0 Å². The van der Waals surface area contributed by atoms with Crippen LogP contribution in [-0.4, -0.2) is 40.4 Å². The van der Waals surface area contributed by atoms with E-state index in [4.69, 9.17) is 11.6 Å². The van der Waals surface area contributed by atoms with Gasteiger partial charge in [0.15, 0.2) is 0 Å². The van der Waals surface area contributed by atoms with E-state index in [1.54, 1.807) is 6.07 Å². The predicted octanol–water partition coefficient (Wildman–Crippen LogP) is 2.49. The summed E-state index contributed by atoms with van der Waals surface area (Å²) in [5.74, 6) is 0.267. The smallest absolute Gasteiger partial charge is 0.314 e. The summed E-state index contributed by atoms with van der Waals surface area (Å²) in [5.41, 5.74) is -0.359. The highest BCUT2D eigenvalue weighted by molar-refractivity contribution is 6.31. The topological polar surface area (TPSA) is 73.7 Å². The third-order valence-corrected chi connectivity index (χ3v) is 5.29. The van der Waals surface area contributed by atoms with Gasteiger partial charge in [0.1, 0.15) is 11.2 Å². The molecular weight excluding hydrogens is 304 g/mol. The second kappa shape index (κ2) is 5.70. The van der Waals surface area contributed by atoms with E-state index in [0.717, 1.165) is 24.4 Å². The molecule has 0 spiro atoms. The fraction of sp³-hybridized carbons (Fsp3) is 0.625. The maximum absolute atomic E-state index is 11.9. The van der Waals surface area contributed by atoms with Gasteiger partial charge in [0.05, 0.1) is 16.8 Å². The van der Waals surface area contributed by atoms with Crippen LogP contribution in [0.2, 0.25) is 5.02 Å². The number of aliphatic hydroxyl groups is 1. The minimum atomic E-state index is -1.09. The normalized spacial score (nSPS) is 28.7. The van der Waals surface area contributed by atoms with Crippen molar-refractivity contribution in [1.29, 1.82) is 0 Å². The maximum atomic E-state index is 11.9. The van der Waals surface area contributed by atoms with Crippen LogP contribution in [0.4, 0.5) is 5.82 Å². The SMILES string of the molecule is Cc1nc(N2CC[C@H](O)[C@@](CC3CC3)(C(=O)O)C2)ccc1Cl. The molecule has 2 aliphatic rings. The van der Waals surface area contributed by atoms with E-state index >= 15 is 0 Å². The van der Waals surface area contributed by atoms with Gasteiger partial charge in [-0.25, -0.2) is 4.98 Å². The highest BCUT2D eigenvalue weighted by Crippen LogP contribution is 2.45. The molecule has 1 aromatic rings. The van der Waals surface area contributed by atoms with Gasteiger partial charge < -0.3 is 15.1 Å². The number of rotatable bonds is 4. The zero-order chi connectivity index (χ0) is 15.9. The van der Waals surface area contributed by atoms with Crippen molar-refractivity contribution in [2.75, 3.05) is 18.0 Å². The number of nitrogens with zero attached hydrogens (tertiary/aromatic N) is 2. The average Bonchev–Trinajstić information content (AvgIpc) is 3.28. The minimum absolute atomic E-state index is 0.300. The molecule has 2 atom stereocenters. The lowest BCUT2D eigenvalue weighted by molar-refractivity contribution is -0.158. The third kappa shape index (κ3) is 2.79. The van der Waals surface area contributed by atoms with Crippen LogP contribution in [0.1, 0.15) is 31.4 Å². The molecule has 120 valence electrons. The summed E-state index contributed by atoms with van der Waals surface area (Å²) in [6, 6.07) is 3.60. The number of carboxylic acids is 1. The Kier molecular flexibility index (Phi) is 4.03. The van der Waals surface area contributed by atoms with E-state index in [9.17, 15) is 15.0 Å². The van der Waals surface area contributed by atoms with Gasteiger partial charge in [-0.3, -0.25) is 4.79 Å². The number of carboxylic acid groups (broad SMARTS) is 1. The Balaban J connectivity index is 1.87. The standard InChI is InChI=1S/C16H21ClN2O3/c1-10-12(17)4-5-14(18-10)19-7-6-13(20)16(9-19,15(21)22)8-11-2-3-11/h4-5,11,13,20H,2-3,6-9H2,1H3,(H,21,22)/t13-,16-/m0/s1. The van der Waals surface area contributed by atoms with Crippen molar-refractivity contribution in [2.45, 2.75) is 38.7 Å².